The third-order valence-corrected chi connectivity index (χ3v) is 17.2. The first-order valence-electron chi connectivity index (χ1n) is 22.3. The molecule has 0 spiro atoms. The van der Waals surface area contributed by atoms with Crippen molar-refractivity contribution in [3.63, 3.8) is 0 Å². The first-order chi connectivity index (χ1) is 27.9. The van der Waals surface area contributed by atoms with Crippen LogP contribution in [-0.2, 0) is 18.6 Å². The highest BCUT2D eigenvalue weighted by atomic mass is 79.9. The van der Waals surface area contributed by atoms with Gasteiger partial charge >= 0.3 is 0 Å². The fourth-order valence-electron chi connectivity index (χ4n) is 9.72. The Morgan fingerprint density at radius 1 is 0.433 bits per heavy atom. The van der Waals surface area contributed by atoms with Crippen LogP contribution in [0.15, 0.2) is 95.6 Å². The van der Waals surface area contributed by atoms with Crippen LogP contribution < -0.4 is 0 Å². The standard InChI is InChI=1S/2C14H19Br.2C13H17BrS/c2*1-14(2,3)13-6-4-5-10-7-8-11(15)9-12(10)13;1-13(2,3)12-8-15-7-9-4-5-10(14)6-11(9)12;1-13(2,3)11-6-7-15-12-5-4-9(14)8-10(11)12/h2*7-9,13H,4-6H2,1-3H3;4-6,12H,7-8H2,1-3H3;4-5,8,11H,6-7H2,1-3H3. The summed E-state index contributed by atoms with van der Waals surface area (Å²) in [6.45, 7) is 28.2. The van der Waals surface area contributed by atoms with Gasteiger partial charge in [0.1, 0.15) is 0 Å². The molecular formula is C54H72Br4S2. The molecule has 0 N–H and O–H groups in total. The van der Waals surface area contributed by atoms with Gasteiger partial charge in [-0.15, -0.1) is 11.8 Å². The third-order valence-electron chi connectivity index (χ3n) is 13.1. The maximum atomic E-state index is 3.58. The van der Waals surface area contributed by atoms with Crippen molar-refractivity contribution in [2.24, 2.45) is 21.7 Å². The number of fused-ring (bicyclic) bond motifs is 4. The second kappa shape index (κ2) is 21.2. The van der Waals surface area contributed by atoms with Crippen LogP contribution in [0.4, 0.5) is 0 Å². The van der Waals surface area contributed by atoms with Crippen molar-refractivity contribution < 1.29 is 0 Å². The summed E-state index contributed by atoms with van der Waals surface area (Å²) in [5, 5.41) is 0. The van der Waals surface area contributed by atoms with Crippen molar-refractivity contribution in [2.75, 3.05) is 11.5 Å². The number of hydrogen-bond donors (Lipinski definition) is 0. The van der Waals surface area contributed by atoms with E-state index in [1.807, 2.05) is 11.8 Å². The molecule has 2 aliphatic heterocycles. The maximum absolute atomic E-state index is 3.58. The van der Waals surface area contributed by atoms with Gasteiger partial charge < -0.3 is 0 Å². The Labute approximate surface area is 408 Å². The molecule has 0 radical (unpaired) electrons. The summed E-state index contributed by atoms with van der Waals surface area (Å²) in [5.41, 5.74) is 12.4. The van der Waals surface area contributed by atoms with E-state index in [4.69, 9.17) is 0 Å². The molecule has 0 saturated carbocycles. The van der Waals surface area contributed by atoms with Gasteiger partial charge in [-0.05, 0) is 190 Å². The zero-order valence-electron chi connectivity index (χ0n) is 38.6. The maximum Gasteiger partial charge on any atom is 0.0187 e. The summed E-state index contributed by atoms with van der Waals surface area (Å²) in [6, 6.07) is 27.0. The Balaban J connectivity index is 0.000000152. The summed E-state index contributed by atoms with van der Waals surface area (Å²) >= 11 is 18.4. The van der Waals surface area contributed by atoms with E-state index in [2.05, 4.69) is 231 Å². The number of thioether (sulfide) groups is 2. The van der Waals surface area contributed by atoms with Gasteiger partial charge in [-0.2, -0.15) is 11.8 Å². The van der Waals surface area contributed by atoms with Crippen molar-refractivity contribution in [3.05, 3.63) is 130 Å². The molecule has 0 amide bonds. The molecule has 0 saturated heterocycles. The molecule has 328 valence electrons. The van der Waals surface area contributed by atoms with Crippen molar-refractivity contribution >= 4 is 87.2 Å². The Bertz CT molecular complexity index is 1750. The van der Waals surface area contributed by atoms with Gasteiger partial charge in [0.05, 0.1) is 0 Å². The van der Waals surface area contributed by atoms with Crippen LogP contribution in [0.5, 0.6) is 0 Å². The highest BCUT2D eigenvalue weighted by Crippen LogP contribution is 2.48. The molecule has 4 atom stereocenters. The zero-order chi connectivity index (χ0) is 44.2. The van der Waals surface area contributed by atoms with Crippen molar-refractivity contribution in [2.45, 2.75) is 162 Å². The van der Waals surface area contributed by atoms with E-state index in [0.29, 0.717) is 33.5 Å². The lowest BCUT2D eigenvalue weighted by molar-refractivity contribution is 0.289. The number of halogens is 4. The fourth-order valence-corrected chi connectivity index (χ4v) is 13.9. The summed E-state index contributed by atoms with van der Waals surface area (Å²) in [5.74, 6) is 6.52. The molecule has 4 unspecified atom stereocenters. The van der Waals surface area contributed by atoms with E-state index >= 15 is 0 Å². The average Bonchev–Trinajstić information content (AvgIpc) is 3.16. The molecule has 2 heterocycles. The molecular weight excluding hydrogens is 1030 g/mol. The summed E-state index contributed by atoms with van der Waals surface area (Å²) in [7, 11) is 0. The SMILES string of the molecule is CC(C)(C)C1CCCc2ccc(Br)cc21.CC(C)(C)C1CCCc2ccc(Br)cc21.CC(C)(C)C1CCSc2ccc(Br)cc21.CC(C)(C)C1CSCc2ccc(Br)cc21. The molecule has 0 fully saturated rings. The molecule has 0 nitrogen and oxygen atoms in total. The number of hydrogen-bond acceptors (Lipinski definition) is 2. The van der Waals surface area contributed by atoms with Gasteiger partial charge in [0.15, 0.2) is 0 Å². The third kappa shape index (κ3) is 13.8. The van der Waals surface area contributed by atoms with Crippen molar-refractivity contribution in [1.29, 1.82) is 0 Å². The smallest absolute Gasteiger partial charge is 0.0187 e. The van der Waals surface area contributed by atoms with Crippen LogP contribution in [0.25, 0.3) is 0 Å². The Hall–Kier alpha value is -0.500. The van der Waals surface area contributed by atoms with Crippen LogP contribution >= 0.6 is 87.2 Å². The van der Waals surface area contributed by atoms with Crippen LogP contribution in [0.3, 0.4) is 0 Å². The average molecular weight is 1100 g/mol. The first kappa shape index (κ1) is 50.5. The van der Waals surface area contributed by atoms with Gasteiger partial charge in [-0.25, -0.2) is 0 Å². The minimum absolute atomic E-state index is 0.364. The second-order valence-electron chi connectivity index (χ2n) is 21.8. The minimum atomic E-state index is 0.364. The molecule has 6 heteroatoms. The summed E-state index contributed by atoms with van der Waals surface area (Å²) in [6.07, 6.45) is 9.19. The largest absolute Gasteiger partial charge is 0.157 e. The van der Waals surface area contributed by atoms with Crippen LogP contribution in [0.2, 0.25) is 0 Å². The van der Waals surface area contributed by atoms with Gasteiger partial charge in [0, 0.05) is 34.3 Å². The van der Waals surface area contributed by atoms with E-state index in [-0.39, 0.29) is 0 Å². The van der Waals surface area contributed by atoms with Gasteiger partial charge in [0.25, 0.3) is 0 Å². The lowest BCUT2D eigenvalue weighted by Crippen LogP contribution is -2.24. The monoisotopic (exact) mass is 1100 g/mol. The van der Waals surface area contributed by atoms with E-state index in [0.717, 1.165) is 11.8 Å². The molecule has 4 aromatic rings. The van der Waals surface area contributed by atoms with Gasteiger partial charge in [0.2, 0.25) is 0 Å². The van der Waals surface area contributed by atoms with Crippen molar-refractivity contribution in [3.8, 4) is 0 Å². The molecule has 4 aliphatic rings. The minimum Gasteiger partial charge on any atom is -0.157 e. The lowest BCUT2D eigenvalue weighted by Gasteiger charge is -2.36. The highest BCUT2D eigenvalue weighted by molar-refractivity contribution is 9.11. The van der Waals surface area contributed by atoms with Crippen LogP contribution in [0, 0.1) is 21.7 Å². The Kier molecular flexibility index (Phi) is 17.8. The van der Waals surface area contributed by atoms with E-state index in [1.165, 1.54) is 96.1 Å². The van der Waals surface area contributed by atoms with Gasteiger partial charge in [-0.1, -0.05) is 165 Å². The highest BCUT2D eigenvalue weighted by Gasteiger charge is 2.33. The number of aryl methyl sites for hydroxylation is 2. The molecule has 8 rings (SSSR count). The number of benzene rings is 4. The lowest BCUT2D eigenvalue weighted by atomic mass is 9.69. The molecule has 4 aromatic carbocycles. The second-order valence-corrected chi connectivity index (χ2v) is 27.7. The quantitative estimate of drug-likeness (QED) is 0.172. The van der Waals surface area contributed by atoms with E-state index in [9.17, 15) is 0 Å². The van der Waals surface area contributed by atoms with E-state index < -0.39 is 0 Å². The molecule has 0 bridgehead atoms. The van der Waals surface area contributed by atoms with E-state index in [1.54, 1.807) is 27.8 Å². The Morgan fingerprint density at radius 2 is 0.800 bits per heavy atom. The van der Waals surface area contributed by atoms with Crippen LogP contribution in [0.1, 0.15) is 178 Å². The van der Waals surface area contributed by atoms with Crippen LogP contribution in [-0.4, -0.2) is 11.5 Å². The summed E-state index contributed by atoms with van der Waals surface area (Å²) < 4.78 is 4.86. The Morgan fingerprint density at radius 3 is 1.23 bits per heavy atom. The molecule has 0 aromatic heterocycles. The summed E-state index contributed by atoms with van der Waals surface area (Å²) in [4.78, 5) is 1.48. The molecule has 2 aliphatic carbocycles. The first-order valence-corrected chi connectivity index (χ1v) is 27.6. The van der Waals surface area contributed by atoms with Crippen molar-refractivity contribution in [1.82, 2.24) is 0 Å². The topological polar surface area (TPSA) is 0 Å². The predicted octanol–water partition coefficient (Wildman–Crippen LogP) is 19.7. The van der Waals surface area contributed by atoms with Gasteiger partial charge in [-0.3, -0.25) is 0 Å². The molecule has 60 heavy (non-hydrogen) atoms. The zero-order valence-corrected chi connectivity index (χ0v) is 46.6. The fraction of sp³-hybridized carbons (Fsp3) is 0.556. The normalized spacial score (nSPS) is 21.2. The number of rotatable bonds is 0. The predicted molar refractivity (Wildman–Crippen MR) is 283 cm³/mol.